The lowest BCUT2D eigenvalue weighted by Gasteiger charge is -2.00. The van der Waals surface area contributed by atoms with Crippen LogP contribution in [0.15, 0.2) is 59.7 Å². The van der Waals surface area contributed by atoms with Crippen molar-refractivity contribution in [2.75, 3.05) is 7.11 Å². The normalized spacial score (nSPS) is 10.7. The molecule has 3 rings (SSSR count). The summed E-state index contributed by atoms with van der Waals surface area (Å²) in [6, 6.07) is 14.7. The van der Waals surface area contributed by atoms with E-state index in [2.05, 4.69) is 20.7 Å². The third-order valence-electron chi connectivity index (χ3n) is 3.65. The molecule has 2 aromatic carbocycles. The molecule has 1 amide bonds. The van der Waals surface area contributed by atoms with Gasteiger partial charge in [-0.2, -0.15) is 10.2 Å². The number of amides is 1. The summed E-state index contributed by atoms with van der Waals surface area (Å²) in [5.41, 5.74) is 4.22. The second-order valence-corrected chi connectivity index (χ2v) is 5.45. The first-order valence-corrected chi connectivity index (χ1v) is 7.84. The zero-order chi connectivity index (χ0) is 19.2. The summed E-state index contributed by atoms with van der Waals surface area (Å²) in [5, 5.41) is 21.4. The molecule has 0 aliphatic carbocycles. The quantitative estimate of drug-likeness (QED) is 0.395. The van der Waals surface area contributed by atoms with Gasteiger partial charge < -0.3 is 4.74 Å². The molecule has 2 N–H and O–H groups in total. The van der Waals surface area contributed by atoms with Crippen molar-refractivity contribution >= 4 is 17.8 Å². The number of carbonyl (C=O) groups is 1. The molecule has 27 heavy (non-hydrogen) atoms. The molecule has 0 spiro atoms. The Morgan fingerprint density at radius 3 is 2.85 bits per heavy atom. The van der Waals surface area contributed by atoms with Crippen molar-refractivity contribution in [1.82, 2.24) is 15.6 Å². The van der Waals surface area contributed by atoms with Gasteiger partial charge in [0.1, 0.15) is 11.4 Å². The number of benzene rings is 2. The van der Waals surface area contributed by atoms with Gasteiger partial charge in [-0.25, -0.2) is 5.43 Å². The highest BCUT2D eigenvalue weighted by atomic mass is 16.6. The van der Waals surface area contributed by atoms with Gasteiger partial charge in [0.15, 0.2) is 0 Å². The maximum absolute atomic E-state index is 12.1. The monoisotopic (exact) mass is 365 g/mol. The van der Waals surface area contributed by atoms with E-state index in [1.807, 2.05) is 12.1 Å². The number of nitro benzene ring substituents is 1. The summed E-state index contributed by atoms with van der Waals surface area (Å²) in [5.74, 6) is 0.193. The molecule has 9 heteroatoms. The molecule has 0 unspecified atom stereocenters. The molecule has 9 nitrogen and oxygen atoms in total. The van der Waals surface area contributed by atoms with Gasteiger partial charge in [-0.1, -0.05) is 24.3 Å². The summed E-state index contributed by atoms with van der Waals surface area (Å²) in [6.45, 7) is 0. The lowest BCUT2D eigenvalue weighted by Crippen LogP contribution is -2.18. The van der Waals surface area contributed by atoms with E-state index in [0.717, 1.165) is 5.56 Å². The fourth-order valence-corrected chi connectivity index (χ4v) is 2.31. The SMILES string of the molecule is COc1cccc(/C=N/NC(=O)c2cc(-c3cccc([N+](=O)[O-])c3)n[nH]2)c1. The minimum Gasteiger partial charge on any atom is -0.497 e. The molecule has 0 radical (unpaired) electrons. The zero-order valence-electron chi connectivity index (χ0n) is 14.2. The fraction of sp³-hybridized carbons (Fsp3) is 0.0556. The summed E-state index contributed by atoms with van der Waals surface area (Å²) in [7, 11) is 1.56. The molecule has 3 aromatic rings. The van der Waals surface area contributed by atoms with E-state index in [9.17, 15) is 14.9 Å². The molecule has 0 aliphatic heterocycles. The third kappa shape index (κ3) is 4.34. The van der Waals surface area contributed by atoms with Crippen LogP contribution < -0.4 is 10.2 Å². The molecule has 0 saturated heterocycles. The second-order valence-electron chi connectivity index (χ2n) is 5.45. The number of ether oxygens (including phenoxy) is 1. The Labute approximate surface area is 153 Å². The molecular weight excluding hydrogens is 350 g/mol. The van der Waals surface area contributed by atoms with Crippen molar-refractivity contribution in [2.45, 2.75) is 0 Å². The average Bonchev–Trinajstić information content (AvgIpc) is 3.18. The zero-order valence-corrected chi connectivity index (χ0v) is 14.2. The fourth-order valence-electron chi connectivity index (χ4n) is 2.31. The highest BCUT2D eigenvalue weighted by Crippen LogP contribution is 2.22. The molecule has 1 aromatic heterocycles. The topological polar surface area (TPSA) is 123 Å². The summed E-state index contributed by atoms with van der Waals surface area (Å²) >= 11 is 0. The summed E-state index contributed by atoms with van der Waals surface area (Å²) < 4.78 is 5.12. The van der Waals surface area contributed by atoms with Crippen LogP contribution in [0.25, 0.3) is 11.3 Å². The molecule has 0 fully saturated rings. The molecule has 0 atom stereocenters. The Kier molecular flexibility index (Phi) is 5.22. The Balaban J connectivity index is 1.69. The van der Waals surface area contributed by atoms with Gasteiger partial charge in [0.25, 0.3) is 11.6 Å². The maximum Gasteiger partial charge on any atom is 0.289 e. The first kappa shape index (κ1) is 17.8. The molecule has 136 valence electrons. The van der Waals surface area contributed by atoms with Gasteiger partial charge in [0.2, 0.25) is 0 Å². The van der Waals surface area contributed by atoms with Crippen LogP contribution in [0, 0.1) is 10.1 Å². The van der Waals surface area contributed by atoms with Crippen LogP contribution in [0.3, 0.4) is 0 Å². The average molecular weight is 365 g/mol. The van der Waals surface area contributed by atoms with Gasteiger partial charge in [-0.15, -0.1) is 0 Å². The van der Waals surface area contributed by atoms with Crippen molar-refractivity contribution in [3.05, 3.63) is 76.0 Å². The maximum atomic E-state index is 12.1. The van der Waals surface area contributed by atoms with Gasteiger partial charge in [-0.3, -0.25) is 20.0 Å². The molecule has 0 saturated carbocycles. The predicted octanol–water partition coefficient (Wildman–Crippen LogP) is 2.76. The number of aromatic amines is 1. The van der Waals surface area contributed by atoms with Crippen molar-refractivity contribution in [1.29, 1.82) is 0 Å². The van der Waals surface area contributed by atoms with E-state index in [-0.39, 0.29) is 11.4 Å². The number of methoxy groups -OCH3 is 1. The number of rotatable bonds is 6. The number of nitrogens with zero attached hydrogens (tertiary/aromatic N) is 3. The van der Waals surface area contributed by atoms with Crippen LogP contribution >= 0.6 is 0 Å². The number of carbonyl (C=O) groups excluding carboxylic acids is 1. The van der Waals surface area contributed by atoms with Gasteiger partial charge in [0.05, 0.1) is 23.9 Å². The highest BCUT2D eigenvalue weighted by Gasteiger charge is 2.13. The van der Waals surface area contributed by atoms with Crippen molar-refractivity contribution in [2.24, 2.45) is 5.10 Å². The number of nitro groups is 1. The van der Waals surface area contributed by atoms with Gasteiger partial charge >= 0.3 is 0 Å². The van der Waals surface area contributed by atoms with E-state index in [0.29, 0.717) is 17.0 Å². The smallest absolute Gasteiger partial charge is 0.289 e. The van der Waals surface area contributed by atoms with Crippen LogP contribution in [0.2, 0.25) is 0 Å². The lowest BCUT2D eigenvalue weighted by atomic mass is 10.1. The van der Waals surface area contributed by atoms with E-state index in [1.165, 1.54) is 24.4 Å². The number of H-pyrrole nitrogens is 1. The summed E-state index contributed by atoms with van der Waals surface area (Å²) in [4.78, 5) is 22.5. The first-order valence-electron chi connectivity index (χ1n) is 7.84. The largest absolute Gasteiger partial charge is 0.497 e. The van der Waals surface area contributed by atoms with Crippen LogP contribution in [-0.2, 0) is 0 Å². The Morgan fingerprint density at radius 1 is 1.26 bits per heavy atom. The van der Waals surface area contributed by atoms with Crippen LogP contribution in [0.4, 0.5) is 5.69 Å². The van der Waals surface area contributed by atoms with Gasteiger partial charge in [-0.05, 0) is 23.8 Å². The number of hydrazone groups is 1. The highest BCUT2D eigenvalue weighted by molar-refractivity contribution is 5.94. The predicted molar refractivity (Wildman–Crippen MR) is 98.7 cm³/mol. The molecule has 0 bridgehead atoms. The minimum atomic E-state index is -0.489. The standard InChI is InChI=1S/C18H15N5O4/c1-27-15-7-2-4-12(8-15)11-19-22-18(24)17-10-16(20-21-17)13-5-3-6-14(9-13)23(25)26/h2-11H,1H3,(H,20,21)(H,22,24)/b19-11+. The summed E-state index contributed by atoms with van der Waals surface area (Å²) in [6.07, 6.45) is 1.48. The number of nitrogens with one attached hydrogen (secondary N) is 2. The number of hydrogen-bond donors (Lipinski definition) is 2. The van der Waals surface area contributed by atoms with Crippen LogP contribution in [-0.4, -0.2) is 34.4 Å². The second kappa shape index (κ2) is 7.91. The van der Waals surface area contributed by atoms with Crippen LogP contribution in [0.5, 0.6) is 5.75 Å². The molecule has 0 aliphatic rings. The Bertz CT molecular complexity index is 1010. The van der Waals surface area contributed by atoms with Crippen molar-refractivity contribution in [3.8, 4) is 17.0 Å². The van der Waals surface area contributed by atoms with Gasteiger partial charge in [0, 0.05) is 17.7 Å². The lowest BCUT2D eigenvalue weighted by molar-refractivity contribution is -0.384. The third-order valence-corrected chi connectivity index (χ3v) is 3.65. The van der Waals surface area contributed by atoms with Crippen molar-refractivity contribution in [3.63, 3.8) is 0 Å². The van der Waals surface area contributed by atoms with Crippen molar-refractivity contribution < 1.29 is 14.5 Å². The number of non-ortho nitro benzene ring substituents is 1. The molecular formula is C18H15N5O4. The Morgan fingerprint density at radius 2 is 2.07 bits per heavy atom. The Hall–Kier alpha value is -4.01. The van der Waals surface area contributed by atoms with E-state index in [4.69, 9.17) is 4.74 Å². The molecule has 1 heterocycles. The number of aromatic nitrogens is 2. The van der Waals surface area contributed by atoms with E-state index in [1.54, 1.807) is 31.4 Å². The van der Waals surface area contributed by atoms with Crippen LogP contribution in [0.1, 0.15) is 16.1 Å². The minimum absolute atomic E-state index is 0.0515. The van der Waals surface area contributed by atoms with E-state index >= 15 is 0 Å². The van der Waals surface area contributed by atoms with E-state index < -0.39 is 10.8 Å². The first-order chi connectivity index (χ1) is 13.1. The number of hydrogen-bond acceptors (Lipinski definition) is 6.